The quantitative estimate of drug-likeness (QED) is 0.414. The Labute approximate surface area is 244 Å². The smallest absolute Gasteiger partial charge is 0.266 e. The third kappa shape index (κ3) is 5.23. The van der Waals surface area contributed by atoms with Gasteiger partial charge in [0.15, 0.2) is 5.82 Å². The third-order valence-electron chi connectivity index (χ3n) is 7.55. The van der Waals surface area contributed by atoms with Gasteiger partial charge in [0.2, 0.25) is 17.8 Å². The predicted octanol–water partition coefficient (Wildman–Crippen LogP) is 3.46. The number of amides is 2. The number of hydrogen-bond donors (Lipinski definition) is 2. The predicted molar refractivity (Wildman–Crippen MR) is 163 cm³/mol. The number of aromatic nitrogens is 2. The summed E-state index contributed by atoms with van der Waals surface area (Å²) in [7, 11) is 3.79. The molecule has 0 aliphatic carbocycles. The first-order chi connectivity index (χ1) is 20.4. The molecular formula is C30H33N9O3. The molecule has 2 aromatic carbocycles. The molecule has 4 heterocycles. The van der Waals surface area contributed by atoms with Gasteiger partial charge < -0.3 is 25.2 Å². The number of fused-ring (bicyclic) bond motifs is 2. The van der Waals surface area contributed by atoms with E-state index in [1.165, 1.54) is 12.3 Å². The van der Waals surface area contributed by atoms with Gasteiger partial charge in [-0.05, 0) is 56.4 Å². The third-order valence-corrected chi connectivity index (χ3v) is 7.55. The molecule has 3 aliphatic heterocycles. The first kappa shape index (κ1) is 27.2. The van der Waals surface area contributed by atoms with Crippen molar-refractivity contribution in [3.05, 3.63) is 66.9 Å². The maximum atomic E-state index is 13.4. The van der Waals surface area contributed by atoms with Crippen molar-refractivity contribution in [2.75, 3.05) is 73.9 Å². The van der Waals surface area contributed by atoms with Gasteiger partial charge in [-0.25, -0.2) is 4.98 Å². The summed E-state index contributed by atoms with van der Waals surface area (Å²) in [6, 6.07) is 13.3. The van der Waals surface area contributed by atoms with Crippen molar-refractivity contribution >= 4 is 52.3 Å². The zero-order chi connectivity index (χ0) is 29.2. The van der Waals surface area contributed by atoms with Crippen molar-refractivity contribution in [2.24, 2.45) is 4.99 Å². The van der Waals surface area contributed by atoms with E-state index in [2.05, 4.69) is 50.1 Å². The molecule has 6 rings (SSSR count). The van der Waals surface area contributed by atoms with Gasteiger partial charge in [-0.3, -0.25) is 24.4 Å². The summed E-state index contributed by atoms with van der Waals surface area (Å²) in [5.41, 5.74) is 3.42. The van der Waals surface area contributed by atoms with E-state index in [4.69, 9.17) is 9.72 Å². The Hall–Kier alpha value is -4.97. The summed E-state index contributed by atoms with van der Waals surface area (Å²) in [6.07, 6.45) is 3.85. The molecule has 0 atom stereocenters. The molecule has 0 saturated carbocycles. The molecule has 12 heteroatoms. The summed E-state index contributed by atoms with van der Waals surface area (Å²) in [5.74, 6) is 1.32. The fourth-order valence-corrected chi connectivity index (χ4v) is 5.37. The van der Waals surface area contributed by atoms with Crippen LogP contribution in [0.15, 0.2) is 66.3 Å². The number of guanidine groups is 1. The number of methoxy groups -OCH3 is 1. The standard InChI is InChI=1S/C30H33N9O3/c1-4-26(40)33-20-7-5-8-22(17-20)39-27-23(28(41)38-14-11-31-30(38)39)19-32-29(35-27)34-24-10-9-21(18-25(24)42-3)37-13-6-12-36(2)15-16-37/h4-5,7-10,17-19H,1,6,11-16H2,2-3H3,(H,33,40)(H,32,34,35). The first-order valence-electron chi connectivity index (χ1n) is 13.9. The van der Waals surface area contributed by atoms with E-state index < -0.39 is 0 Å². The highest BCUT2D eigenvalue weighted by atomic mass is 16.5. The number of carbonyl (C=O) groups is 2. The van der Waals surface area contributed by atoms with Gasteiger partial charge in [-0.1, -0.05) is 12.6 Å². The summed E-state index contributed by atoms with van der Waals surface area (Å²) < 4.78 is 5.75. The first-order valence-corrected chi connectivity index (χ1v) is 13.9. The van der Waals surface area contributed by atoms with Crippen molar-refractivity contribution in [3.63, 3.8) is 0 Å². The van der Waals surface area contributed by atoms with E-state index in [0.717, 1.165) is 38.3 Å². The molecule has 0 spiro atoms. The van der Waals surface area contributed by atoms with Crippen LogP contribution in [0.5, 0.6) is 5.75 Å². The number of nitrogens with zero attached hydrogens (tertiary/aromatic N) is 7. The molecule has 0 bridgehead atoms. The zero-order valence-corrected chi connectivity index (χ0v) is 23.7. The molecule has 1 fully saturated rings. The van der Waals surface area contributed by atoms with Crippen molar-refractivity contribution in [2.45, 2.75) is 6.42 Å². The molecule has 216 valence electrons. The highest BCUT2D eigenvalue weighted by Crippen LogP contribution is 2.37. The molecule has 42 heavy (non-hydrogen) atoms. The van der Waals surface area contributed by atoms with Crippen molar-refractivity contribution in [1.82, 2.24) is 19.8 Å². The topological polar surface area (TPSA) is 119 Å². The monoisotopic (exact) mass is 567 g/mol. The van der Waals surface area contributed by atoms with Crippen molar-refractivity contribution in [1.29, 1.82) is 0 Å². The molecule has 1 aromatic heterocycles. The van der Waals surface area contributed by atoms with E-state index in [1.54, 1.807) is 24.1 Å². The molecular weight excluding hydrogens is 534 g/mol. The number of benzene rings is 2. The van der Waals surface area contributed by atoms with Crippen LogP contribution in [0.4, 0.5) is 34.5 Å². The van der Waals surface area contributed by atoms with E-state index in [-0.39, 0.29) is 11.8 Å². The number of aliphatic imine (C=N–C) groups is 1. The SMILES string of the molecule is C=CC(=O)Nc1cccc(N2C3=NCCN3C(=O)c3cnc(Nc4ccc(N5CCCN(C)CC5)cc4OC)nc32)c1. The Morgan fingerprint density at radius 1 is 1.07 bits per heavy atom. The Morgan fingerprint density at radius 2 is 1.95 bits per heavy atom. The van der Waals surface area contributed by atoms with Crippen LogP contribution in [0.2, 0.25) is 0 Å². The Balaban J connectivity index is 1.33. The average molecular weight is 568 g/mol. The van der Waals surface area contributed by atoms with Gasteiger partial charge in [0.1, 0.15) is 11.3 Å². The van der Waals surface area contributed by atoms with E-state index in [1.807, 2.05) is 29.2 Å². The second-order valence-electron chi connectivity index (χ2n) is 10.3. The van der Waals surface area contributed by atoms with E-state index >= 15 is 0 Å². The molecule has 12 nitrogen and oxygen atoms in total. The highest BCUT2D eigenvalue weighted by Gasteiger charge is 2.40. The second-order valence-corrected chi connectivity index (χ2v) is 10.3. The summed E-state index contributed by atoms with van der Waals surface area (Å²) in [5, 5.41) is 6.07. The molecule has 3 aliphatic rings. The van der Waals surface area contributed by atoms with E-state index in [0.29, 0.717) is 59.2 Å². The van der Waals surface area contributed by atoms with Crippen LogP contribution in [0.25, 0.3) is 0 Å². The summed E-state index contributed by atoms with van der Waals surface area (Å²) in [6.45, 7) is 8.49. The Bertz CT molecular complexity index is 1570. The number of rotatable bonds is 7. The van der Waals surface area contributed by atoms with Gasteiger partial charge in [0.05, 0.1) is 25.0 Å². The van der Waals surface area contributed by atoms with Gasteiger partial charge >= 0.3 is 0 Å². The normalized spacial score (nSPS) is 16.8. The van der Waals surface area contributed by atoms with E-state index in [9.17, 15) is 9.59 Å². The average Bonchev–Trinajstić information content (AvgIpc) is 3.39. The molecule has 0 radical (unpaired) electrons. The minimum Gasteiger partial charge on any atom is -0.494 e. The summed E-state index contributed by atoms with van der Waals surface area (Å²) in [4.78, 5) is 47.3. The second kappa shape index (κ2) is 11.5. The van der Waals surface area contributed by atoms with Gasteiger partial charge in [0, 0.05) is 49.8 Å². The molecule has 2 amide bonds. The minimum absolute atomic E-state index is 0.204. The lowest BCUT2D eigenvalue weighted by Gasteiger charge is -2.35. The van der Waals surface area contributed by atoms with Crippen molar-refractivity contribution in [3.8, 4) is 5.75 Å². The van der Waals surface area contributed by atoms with Crippen LogP contribution in [0, 0.1) is 0 Å². The number of carbonyl (C=O) groups excluding carboxylic acids is 2. The van der Waals surface area contributed by atoms with Crippen LogP contribution in [-0.2, 0) is 4.79 Å². The molecule has 1 saturated heterocycles. The largest absolute Gasteiger partial charge is 0.494 e. The number of ether oxygens (including phenoxy) is 1. The van der Waals surface area contributed by atoms with Crippen LogP contribution in [0.1, 0.15) is 16.8 Å². The molecule has 3 aromatic rings. The number of anilines is 6. The lowest BCUT2D eigenvalue weighted by Crippen LogP contribution is -2.48. The maximum absolute atomic E-state index is 13.4. The van der Waals surface area contributed by atoms with Crippen LogP contribution in [-0.4, -0.2) is 91.0 Å². The number of likely N-dealkylation sites (N-methyl/N-ethyl adjacent to an activating group) is 1. The van der Waals surface area contributed by atoms with Gasteiger partial charge in [0.25, 0.3) is 5.91 Å². The van der Waals surface area contributed by atoms with Crippen molar-refractivity contribution < 1.29 is 14.3 Å². The van der Waals surface area contributed by atoms with Crippen LogP contribution in [0.3, 0.4) is 0 Å². The fourth-order valence-electron chi connectivity index (χ4n) is 5.37. The van der Waals surface area contributed by atoms with Crippen LogP contribution >= 0.6 is 0 Å². The minimum atomic E-state index is -0.321. The lowest BCUT2D eigenvalue weighted by molar-refractivity contribution is -0.111. The lowest BCUT2D eigenvalue weighted by atomic mass is 10.1. The van der Waals surface area contributed by atoms with Gasteiger partial charge in [-0.2, -0.15) is 4.98 Å². The maximum Gasteiger partial charge on any atom is 0.266 e. The highest BCUT2D eigenvalue weighted by molar-refractivity contribution is 6.21. The number of nitrogens with one attached hydrogen (secondary N) is 2. The van der Waals surface area contributed by atoms with Crippen LogP contribution < -0.4 is 25.2 Å². The zero-order valence-electron chi connectivity index (χ0n) is 23.7. The Morgan fingerprint density at radius 3 is 2.79 bits per heavy atom. The summed E-state index contributed by atoms with van der Waals surface area (Å²) >= 11 is 0. The Kier molecular flexibility index (Phi) is 7.44. The van der Waals surface area contributed by atoms with Gasteiger partial charge in [-0.15, -0.1) is 0 Å². The fraction of sp³-hybridized carbons (Fsp3) is 0.300. The molecule has 0 unspecified atom stereocenters. The number of hydrogen-bond acceptors (Lipinski definition) is 10. The molecule has 2 N–H and O–H groups in total.